The van der Waals surface area contributed by atoms with Crippen molar-refractivity contribution in [3.8, 4) is 0 Å². The Kier molecular flexibility index (Phi) is 5.85. The molecule has 0 saturated carbocycles. The first-order valence-corrected chi connectivity index (χ1v) is 11.9. The second-order valence-electron chi connectivity index (χ2n) is 7.05. The van der Waals surface area contributed by atoms with Crippen LogP contribution in [0.2, 0.25) is 0 Å². The summed E-state index contributed by atoms with van der Waals surface area (Å²) in [6, 6.07) is 14.4. The lowest BCUT2D eigenvalue weighted by Gasteiger charge is -2.34. The second kappa shape index (κ2) is 8.55. The molecule has 0 radical (unpaired) electrons. The summed E-state index contributed by atoms with van der Waals surface area (Å²) in [5, 5.41) is 4.61. The molecule has 1 N–H and O–H groups in total. The largest absolute Gasteiger partial charge is 0.354 e. The molecule has 1 amide bonds. The summed E-state index contributed by atoms with van der Waals surface area (Å²) in [5.74, 6) is 0.577. The van der Waals surface area contributed by atoms with Crippen molar-refractivity contribution >= 4 is 38.8 Å². The van der Waals surface area contributed by atoms with Crippen LogP contribution in [0.4, 0.5) is 11.5 Å². The Balaban J connectivity index is 1.36. The smallest absolute Gasteiger partial charge is 0.255 e. The van der Waals surface area contributed by atoms with Gasteiger partial charge in [-0.1, -0.05) is 23.8 Å². The van der Waals surface area contributed by atoms with Crippen LogP contribution in [0.25, 0.3) is 0 Å². The predicted octanol–water partition coefficient (Wildman–Crippen LogP) is 3.21. The van der Waals surface area contributed by atoms with E-state index in [1.807, 2.05) is 36.1 Å². The molecule has 1 saturated heterocycles. The summed E-state index contributed by atoms with van der Waals surface area (Å²) < 4.78 is 27.2. The van der Waals surface area contributed by atoms with Gasteiger partial charge in [0, 0.05) is 31.7 Å². The molecule has 9 heteroatoms. The molecule has 0 atom stereocenters. The maximum atomic E-state index is 12.6. The normalized spacial score (nSPS) is 15.2. The number of sulfonamides is 1. The van der Waals surface area contributed by atoms with Crippen molar-refractivity contribution in [1.29, 1.82) is 0 Å². The number of carbonyl (C=O) groups is 1. The molecule has 156 valence electrons. The number of nitrogens with zero attached hydrogens (tertiary/aromatic N) is 3. The van der Waals surface area contributed by atoms with Crippen molar-refractivity contribution in [1.82, 2.24) is 9.29 Å². The Labute approximate surface area is 180 Å². The number of pyridine rings is 1. The zero-order valence-electron chi connectivity index (χ0n) is 16.5. The van der Waals surface area contributed by atoms with Crippen molar-refractivity contribution in [3.63, 3.8) is 0 Å². The Morgan fingerprint density at radius 1 is 1.03 bits per heavy atom. The highest BCUT2D eigenvalue weighted by Gasteiger charge is 2.29. The first-order valence-electron chi connectivity index (χ1n) is 9.56. The van der Waals surface area contributed by atoms with Crippen LogP contribution < -0.4 is 10.2 Å². The van der Waals surface area contributed by atoms with Crippen LogP contribution in [0.1, 0.15) is 15.9 Å². The lowest BCUT2D eigenvalue weighted by molar-refractivity contribution is 0.102. The van der Waals surface area contributed by atoms with Crippen LogP contribution in [0, 0.1) is 6.92 Å². The fourth-order valence-electron chi connectivity index (χ4n) is 3.25. The molecule has 3 heterocycles. The molecule has 30 heavy (non-hydrogen) atoms. The van der Waals surface area contributed by atoms with E-state index in [0.717, 1.165) is 11.4 Å². The molecule has 0 aliphatic carbocycles. The minimum atomic E-state index is -3.42. The van der Waals surface area contributed by atoms with E-state index in [2.05, 4.69) is 10.3 Å². The minimum Gasteiger partial charge on any atom is -0.354 e. The van der Waals surface area contributed by atoms with Gasteiger partial charge in [-0.05, 0) is 42.6 Å². The van der Waals surface area contributed by atoms with Gasteiger partial charge in [0.05, 0.1) is 11.9 Å². The molecule has 3 aromatic rings. The number of aryl methyl sites for hydroxylation is 1. The van der Waals surface area contributed by atoms with Crippen molar-refractivity contribution in [2.45, 2.75) is 11.1 Å². The molecule has 0 unspecified atom stereocenters. The molecule has 1 aromatic carbocycles. The van der Waals surface area contributed by atoms with E-state index in [1.54, 1.807) is 35.8 Å². The summed E-state index contributed by atoms with van der Waals surface area (Å²) in [4.78, 5) is 18.8. The topological polar surface area (TPSA) is 82.6 Å². The standard InChI is InChI=1S/C21H22N4O3S2/c1-16-4-6-17(7-5-16)21(26)23-18-8-9-19(22-15-18)24-10-12-25(13-11-24)30(27,28)20-3-2-14-29-20/h2-9,14-15H,10-13H2,1H3,(H,23,26). The first kappa shape index (κ1) is 20.5. The Hall–Kier alpha value is -2.75. The highest BCUT2D eigenvalue weighted by molar-refractivity contribution is 7.91. The molecular formula is C21H22N4O3S2. The van der Waals surface area contributed by atoms with Crippen molar-refractivity contribution < 1.29 is 13.2 Å². The Morgan fingerprint density at radius 3 is 2.37 bits per heavy atom. The highest BCUT2D eigenvalue weighted by Crippen LogP contribution is 2.23. The number of piperazine rings is 1. The van der Waals surface area contributed by atoms with Gasteiger partial charge >= 0.3 is 0 Å². The van der Waals surface area contributed by atoms with Crippen LogP contribution in [0.15, 0.2) is 64.3 Å². The van der Waals surface area contributed by atoms with Crippen LogP contribution in [0.3, 0.4) is 0 Å². The third-order valence-corrected chi connectivity index (χ3v) is 8.24. The van der Waals surface area contributed by atoms with Gasteiger partial charge < -0.3 is 10.2 Å². The van der Waals surface area contributed by atoms with Crippen LogP contribution in [0.5, 0.6) is 0 Å². The zero-order chi connectivity index (χ0) is 21.1. The SMILES string of the molecule is Cc1ccc(C(=O)Nc2ccc(N3CCN(S(=O)(=O)c4cccs4)CC3)nc2)cc1. The lowest BCUT2D eigenvalue weighted by atomic mass is 10.1. The number of thiophene rings is 1. The van der Waals surface area contributed by atoms with E-state index in [1.165, 1.54) is 15.6 Å². The summed E-state index contributed by atoms with van der Waals surface area (Å²) in [5.41, 5.74) is 2.30. The monoisotopic (exact) mass is 442 g/mol. The number of nitrogens with one attached hydrogen (secondary N) is 1. The number of anilines is 2. The molecule has 1 aliphatic heterocycles. The second-order valence-corrected chi connectivity index (χ2v) is 10.2. The van der Waals surface area contributed by atoms with E-state index >= 15 is 0 Å². The van der Waals surface area contributed by atoms with Crippen LogP contribution in [-0.2, 0) is 10.0 Å². The Morgan fingerprint density at radius 2 is 1.77 bits per heavy atom. The van der Waals surface area contributed by atoms with Gasteiger partial charge in [-0.3, -0.25) is 4.79 Å². The maximum Gasteiger partial charge on any atom is 0.255 e. The number of benzene rings is 1. The zero-order valence-corrected chi connectivity index (χ0v) is 18.1. The molecule has 7 nitrogen and oxygen atoms in total. The maximum absolute atomic E-state index is 12.6. The Bertz CT molecular complexity index is 1100. The molecule has 4 rings (SSSR count). The lowest BCUT2D eigenvalue weighted by Crippen LogP contribution is -2.48. The summed E-state index contributed by atoms with van der Waals surface area (Å²) in [7, 11) is -3.42. The van der Waals surface area contributed by atoms with Gasteiger partial charge in [0.25, 0.3) is 15.9 Å². The summed E-state index contributed by atoms with van der Waals surface area (Å²) in [6.07, 6.45) is 1.62. The average Bonchev–Trinajstić information content (AvgIpc) is 3.31. The fraction of sp³-hybridized carbons (Fsp3) is 0.238. The number of carbonyl (C=O) groups excluding carboxylic acids is 1. The van der Waals surface area contributed by atoms with Crippen LogP contribution in [-0.4, -0.2) is 49.8 Å². The molecule has 1 aliphatic rings. The van der Waals surface area contributed by atoms with Crippen molar-refractivity contribution in [2.24, 2.45) is 0 Å². The molecule has 2 aromatic heterocycles. The van der Waals surface area contributed by atoms with E-state index in [4.69, 9.17) is 0 Å². The van der Waals surface area contributed by atoms with Gasteiger partial charge in [0.15, 0.2) is 0 Å². The molecule has 0 spiro atoms. The summed E-state index contributed by atoms with van der Waals surface area (Å²) in [6.45, 7) is 3.92. The van der Waals surface area contributed by atoms with Crippen molar-refractivity contribution in [2.75, 3.05) is 36.4 Å². The molecule has 0 bridgehead atoms. The predicted molar refractivity (Wildman–Crippen MR) is 119 cm³/mol. The van der Waals surface area contributed by atoms with E-state index < -0.39 is 10.0 Å². The van der Waals surface area contributed by atoms with Gasteiger partial charge in [0.2, 0.25) is 0 Å². The average molecular weight is 443 g/mol. The van der Waals surface area contributed by atoms with E-state index in [0.29, 0.717) is 41.6 Å². The number of aromatic nitrogens is 1. The van der Waals surface area contributed by atoms with Crippen LogP contribution >= 0.6 is 11.3 Å². The third kappa shape index (κ3) is 4.38. The van der Waals surface area contributed by atoms with Gasteiger partial charge in [-0.15, -0.1) is 11.3 Å². The van der Waals surface area contributed by atoms with E-state index in [-0.39, 0.29) is 5.91 Å². The third-order valence-electron chi connectivity index (χ3n) is 4.97. The van der Waals surface area contributed by atoms with Crippen molar-refractivity contribution in [3.05, 3.63) is 71.2 Å². The number of hydrogen-bond acceptors (Lipinski definition) is 6. The minimum absolute atomic E-state index is 0.183. The first-order chi connectivity index (χ1) is 14.4. The highest BCUT2D eigenvalue weighted by atomic mass is 32.2. The number of rotatable bonds is 5. The van der Waals surface area contributed by atoms with Gasteiger partial charge in [-0.25, -0.2) is 13.4 Å². The summed E-state index contributed by atoms with van der Waals surface area (Å²) >= 11 is 1.24. The molecular weight excluding hydrogens is 420 g/mol. The van der Waals surface area contributed by atoms with E-state index in [9.17, 15) is 13.2 Å². The number of amides is 1. The quantitative estimate of drug-likeness (QED) is 0.656. The number of hydrogen-bond donors (Lipinski definition) is 1. The van der Waals surface area contributed by atoms with Gasteiger partial charge in [-0.2, -0.15) is 4.31 Å². The fourth-order valence-corrected chi connectivity index (χ4v) is 5.82. The van der Waals surface area contributed by atoms with Gasteiger partial charge in [0.1, 0.15) is 10.0 Å². The molecule has 1 fully saturated rings.